The van der Waals surface area contributed by atoms with Crippen LogP contribution in [0, 0.1) is 0 Å². The molecular weight excluding hydrogens is 439 g/mol. The van der Waals surface area contributed by atoms with Crippen molar-refractivity contribution in [1.29, 1.82) is 0 Å². The number of halogens is 2. The summed E-state index contributed by atoms with van der Waals surface area (Å²) in [7, 11) is 0. The maximum atomic E-state index is 12.2. The van der Waals surface area contributed by atoms with Crippen molar-refractivity contribution in [3.63, 3.8) is 0 Å². The molecule has 9 heteroatoms. The summed E-state index contributed by atoms with van der Waals surface area (Å²) in [5.74, 6) is 0.698. The van der Waals surface area contributed by atoms with Gasteiger partial charge in [-0.05, 0) is 30.9 Å². The summed E-state index contributed by atoms with van der Waals surface area (Å²) in [5, 5.41) is 11.1. The molecule has 168 valence electrons. The lowest BCUT2D eigenvalue weighted by atomic mass is 9.89. The van der Waals surface area contributed by atoms with Crippen molar-refractivity contribution < 1.29 is 14.1 Å². The number of rotatable bonds is 8. The lowest BCUT2D eigenvalue weighted by Crippen LogP contribution is -2.45. The van der Waals surface area contributed by atoms with Crippen molar-refractivity contribution in [2.45, 2.75) is 70.3 Å². The molecule has 0 unspecified atom stereocenters. The molecule has 2 amide bonds. The van der Waals surface area contributed by atoms with Crippen LogP contribution in [0.15, 0.2) is 22.7 Å². The minimum absolute atomic E-state index is 0.104. The standard InChI is InChI=1S/C22H28Cl2N4O3/c1-15(29)27-22(12-4-2-3-5-13-22)21-26-19(31-28-21)10-9-18(30)25-14-11-16-7-6-8-17(23)20(16)24/h6-8H,2-5,9-14H2,1H3,(H,25,30)(H,27,29). The van der Waals surface area contributed by atoms with Gasteiger partial charge in [0.05, 0.1) is 10.0 Å². The highest BCUT2D eigenvalue weighted by Gasteiger charge is 2.38. The molecule has 0 atom stereocenters. The van der Waals surface area contributed by atoms with E-state index in [4.69, 9.17) is 27.7 Å². The first kappa shape index (κ1) is 23.5. The fourth-order valence-corrected chi connectivity index (χ4v) is 4.43. The van der Waals surface area contributed by atoms with Crippen molar-refractivity contribution in [3.8, 4) is 0 Å². The molecule has 1 fully saturated rings. The van der Waals surface area contributed by atoms with Crippen LogP contribution in [-0.2, 0) is 28.0 Å². The molecule has 3 rings (SSSR count). The second kappa shape index (κ2) is 11.0. The lowest BCUT2D eigenvalue weighted by molar-refractivity contribution is -0.122. The third-order valence-corrected chi connectivity index (χ3v) is 6.44. The van der Waals surface area contributed by atoms with Crippen LogP contribution < -0.4 is 10.6 Å². The Balaban J connectivity index is 1.52. The number of carbonyl (C=O) groups is 2. The van der Waals surface area contributed by atoms with Gasteiger partial charge < -0.3 is 15.2 Å². The molecule has 2 aromatic rings. The van der Waals surface area contributed by atoms with E-state index < -0.39 is 5.54 Å². The van der Waals surface area contributed by atoms with Crippen LogP contribution in [0.3, 0.4) is 0 Å². The van der Waals surface area contributed by atoms with E-state index in [1.807, 2.05) is 12.1 Å². The van der Waals surface area contributed by atoms with Gasteiger partial charge in [-0.15, -0.1) is 0 Å². The SMILES string of the molecule is CC(=O)NC1(c2noc(CCC(=O)NCCc3cccc(Cl)c3Cl)n2)CCCCCC1. The first-order valence-electron chi connectivity index (χ1n) is 10.7. The molecule has 1 aliphatic carbocycles. The summed E-state index contributed by atoms with van der Waals surface area (Å²) in [4.78, 5) is 28.5. The fourth-order valence-electron chi connectivity index (χ4n) is 4.01. The minimum atomic E-state index is -0.581. The van der Waals surface area contributed by atoms with Crippen LogP contribution >= 0.6 is 23.2 Å². The maximum Gasteiger partial charge on any atom is 0.227 e. The van der Waals surface area contributed by atoms with Gasteiger partial charge in [-0.1, -0.05) is 66.2 Å². The maximum absolute atomic E-state index is 12.2. The summed E-state index contributed by atoms with van der Waals surface area (Å²) in [6, 6.07) is 5.45. The quantitative estimate of drug-likeness (QED) is 0.563. The van der Waals surface area contributed by atoms with Gasteiger partial charge in [0.25, 0.3) is 0 Å². The third-order valence-electron chi connectivity index (χ3n) is 5.58. The van der Waals surface area contributed by atoms with E-state index in [2.05, 4.69) is 20.8 Å². The van der Waals surface area contributed by atoms with Crippen molar-refractivity contribution >= 4 is 35.0 Å². The highest BCUT2D eigenvalue weighted by molar-refractivity contribution is 6.42. The Kier molecular flexibility index (Phi) is 8.32. The molecule has 0 bridgehead atoms. The molecule has 1 aliphatic rings. The second-order valence-corrected chi connectivity index (χ2v) is 8.79. The van der Waals surface area contributed by atoms with E-state index in [-0.39, 0.29) is 18.2 Å². The molecule has 0 spiro atoms. The molecule has 1 aromatic carbocycles. The summed E-state index contributed by atoms with van der Waals surface area (Å²) < 4.78 is 5.39. The van der Waals surface area contributed by atoms with Crippen LogP contribution in [0.5, 0.6) is 0 Å². The molecule has 2 N–H and O–H groups in total. The monoisotopic (exact) mass is 466 g/mol. The first-order chi connectivity index (χ1) is 14.9. The summed E-state index contributed by atoms with van der Waals surface area (Å²) >= 11 is 12.2. The van der Waals surface area contributed by atoms with Crippen molar-refractivity contribution in [2.75, 3.05) is 6.54 Å². The predicted molar refractivity (Wildman–Crippen MR) is 119 cm³/mol. The average molecular weight is 467 g/mol. The number of amides is 2. The topological polar surface area (TPSA) is 97.1 Å². The van der Waals surface area contributed by atoms with E-state index in [0.29, 0.717) is 41.1 Å². The van der Waals surface area contributed by atoms with E-state index >= 15 is 0 Å². The first-order valence-corrected chi connectivity index (χ1v) is 11.5. The van der Waals surface area contributed by atoms with Gasteiger partial charge in [-0.25, -0.2) is 0 Å². The number of nitrogens with one attached hydrogen (secondary N) is 2. The zero-order valence-electron chi connectivity index (χ0n) is 17.7. The Morgan fingerprint density at radius 2 is 1.87 bits per heavy atom. The number of carbonyl (C=O) groups excluding carboxylic acids is 2. The predicted octanol–water partition coefficient (Wildman–Crippen LogP) is 4.35. The highest BCUT2D eigenvalue weighted by Crippen LogP contribution is 2.34. The van der Waals surface area contributed by atoms with E-state index in [0.717, 1.165) is 44.1 Å². The molecule has 31 heavy (non-hydrogen) atoms. The Morgan fingerprint density at radius 3 is 2.58 bits per heavy atom. The Hall–Kier alpha value is -2.12. The summed E-state index contributed by atoms with van der Waals surface area (Å²) in [6.07, 6.45) is 7.02. The van der Waals surface area contributed by atoms with Gasteiger partial charge >= 0.3 is 0 Å². The van der Waals surface area contributed by atoms with Crippen LogP contribution in [0.25, 0.3) is 0 Å². The normalized spacial score (nSPS) is 15.8. The highest BCUT2D eigenvalue weighted by atomic mass is 35.5. The molecular formula is C22H28Cl2N4O3. The number of aryl methyl sites for hydroxylation is 1. The zero-order valence-corrected chi connectivity index (χ0v) is 19.2. The number of benzene rings is 1. The van der Waals surface area contributed by atoms with Crippen LogP contribution in [0.1, 0.15) is 69.1 Å². The smallest absolute Gasteiger partial charge is 0.227 e. The molecule has 7 nitrogen and oxygen atoms in total. The van der Waals surface area contributed by atoms with Gasteiger partial charge in [-0.2, -0.15) is 4.98 Å². The molecule has 1 aromatic heterocycles. The van der Waals surface area contributed by atoms with Crippen molar-refractivity contribution in [2.24, 2.45) is 0 Å². The Labute approximate surface area is 192 Å². The van der Waals surface area contributed by atoms with E-state index in [9.17, 15) is 9.59 Å². The van der Waals surface area contributed by atoms with Crippen LogP contribution in [0.2, 0.25) is 10.0 Å². The molecule has 0 saturated heterocycles. The van der Waals surface area contributed by atoms with E-state index in [1.54, 1.807) is 6.07 Å². The van der Waals surface area contributed by atoms with Crippen molar-refractivity contribution in [1.82, 2.24) is 20.8 Å². The second-order valence-electron chi connectivity index (χ2n) is 8.00. The fraction of sp³-hybridized carbons (Fsp3) is 0.545. The van der Waals surface area contributed by atoms with Crippen LogP contribution in [-0.4, -0.2) is 28.5 Å². The molecule has 0 radical (unpaired) electrons. The molecule has 1 saturated carbocycles. The van der Waals surface area contributed by atoms with Crippen LogP contribution in [0.4, 0.5) is 0 Å². The minimum Gasteiger partial charge on any atom is -0.356 e. The lowest BCUT2D eigenvalue weighted by Gasteiger charge is -2.30. The third kappa shape index (κ3) is 6.43. The largest absolute Gasteiger partial charge is 0.356 e. The van der Waals surface area contributed by atoms with E-state index in [1.165, 1.54) is 6.92 Å². The Morgan fingerprint density at radius 1 is 1.13 bits per heavy atom. The Bertz CT molecular complexity index is 908. The number of aromatic nitrogens is 2. The van der Waals surface area contributed by atoms with Gasteiger partial charge in [0.1, 0.15) is 5.54 Å². The molecule has 1 heterocycles. The summed E-state index contributed by atoms with van der Waals surface area (Å²) in [5.41, 5.74) is 0.311. The zero-order chi connectivity index (χ0) is 22.3. The number of nitrogens with zero attached hydrogens (tertiary/aromatic N) is 2. The van der Waals surface area contributed by atoms with Crippen molar-refractivity contribution in [3.05, 3.63) is 45.5 Å². The molecule has 0 aliphatic heterocycles. The van der Waals surface area contributed by atoms with Gasteiger partial charge in [0.15, 0.2) is 5.82 Å². The average Bonchev–Trinajstić information content (AvgIpc) is 3.09. The van der Waals surface area contributed by atoms with Gasteiger partial charge in [-0.3, -0.25) is 9.59 Å². The summed E-state index contributed by atoms with van der Waals surface area (Å²) in [6.45, 7) is 1.97. The number of hydrogen-bond donors (Lipinski definition) is 2. The van der Waals surface area contributed by atoms with Gasteiger partial charge in [0.2, 0.25) is 17.7 Å². The van der Waals surface area contributed by atoms with Gasteiger partial charge in [0, 0.05) is 26.3 Å². The number of hydrogen-bond acceptors (Lipinski definition) is 5.